The molecule has 1 aliphatic heterocycles. The SMILES string of the molecule is C=CC=C(C)c1ccc2c(c1)-c1cccc[n+]1C(C)C2(C)CC. The van der Waals surface area contributed by atoms with E-state index in [9.17, 15) is 0 Å². The molecule has 0 spiro atoms. The van der Waals surface area contributed by atoms with Crippen LogP contribution in [0.3, 0.4) is 0 Å². The lowest BCUT2D eigenvalue weighted by Gasteiger charge is -2.37. The van der Waals surface area contributed by atoms with Gasteiger partial charge < -0.3 is 0 Å². The van der Waals surface area contributed by atoms with Crippen molar-refractivity contribution < 1.29 is 4.57 Å². The van der Waals surface area contributed by atoms with E-state index in [0.29, 0.717) is 6.04 Å². The molecule has 2 heterocycles. The van der Waals surface area contributed by atoms with Gasteiger partial charge in [0.1, 0.15) is 0 Å². The van der Waals surface area contributed by atoms with Gasteiger partial charge in [0, 0.05) is 12.1 Å². The molecule has 0 saturated heterocycles. The maximum atomic E-state index is 3.82. The van der Waals surface area contributed by atoms with E-state index in [1.807, 2.05) is 6.08 Å². The summed E-state index contributed by atoms with van der Waals surface area (Å²) in [4.78, 5) is 0. The molecule has 0 aliphatic carbocycles. The van der Waals surface area contributed by atoms with E-state index in [0.717, 1.165) is 6.42 Å². The van der Waals surface area contributed by atoms with E-state index in [2.05, 4.69) is 87.5 Å². The molecule has 2 atom stereocenters. The lowest BCUT2D eigenvalue weighted by Crippen LogP contribution is -2.53. The molecular weight excluding hydrogens is 278 g/mol. The highest BCUT2D eigenvalue weighted by Crippen LogP contribution is 2.45. The van der Waals surface area contributed by atoms with Crippen LogP contribution in [-0.2, 0) is 5.41 Å². The summed E-state index contributed by atoms with van der Waals surface area (Å²) in [7, 11) is 0. The molecule has 1 aromatic carbocycles. The molecule has 1 aromatic heterocycles. The van der Waals surface area contributed by atoms with Gasteiger partial charge in [-0.25, -0.2) is 0 Å². The molecule has 118 valence electrons. The Labute approximate surface area is 140 Å². The zero-order valence-electron chi connectivity index (χ0n) is 14.6. The number of pyridine rings is 1. The molecule has 23 heavy (non-hydrogen) atoms. The second-order valence-electron chi connectivity index (χ2n) is 6.79. The van der Waals surface area contributed by atoms with Crippen LogP contribution in [0.15, 0.2) is 61.3 Å². The van der Waals surface area contributed by atoms with Crippen molar-refractivity contribution in [1.82, 2.24) is 0 Å². The van der Waals surface area contributed by atoms with Crippen LogP contribution < -0.4 is 4.57 Å². The van der Waals surface area contributed by atoms with Gasteiger partial charge in [0.05, 0.1) is 11.0 Å². The fraction of sp³-hybridized carbons (Fsp3) is 0.318. The monoisotopic (exact) mass is 304 g/mol. The molecule has 0 fully saturated rings. The third-order valence-corrected chi connectivity index (χ3v) is 5.70. The third kappa shape index (κ3) is 2.35. The first-order valence-electron chi connectivity index (χ1n) is 8.47. The standard InChI is InChI=1S/C22H26N/c1-6-10-16(3)18-12-13-20-19(15-18)21-11-8-9-14-23(21)17(4)22(20,5)7-2/h6,8-15,17H,1,7H2,2-5H3/q+1. The summed E-state index contributed by atoms with van der Waals surface area (Å²) in [6.07, 6.45) is 7.28. The van der Waals surface area contributed by atoms with Crippen LogP contribution in [0.2, 0.25) is 0 Å². The van der Waals surface area contributed by atoms with Gasteiger partial charge in [-0.15, -0.1) is 0 Å². The Balaban J connectivity index is 2.29. The molecule has 1 heteroatoms. The number of hydrogen-bond donors (Lipinski definition) is 0. The maximum Gasteiger partial charge on any atom is 0.213 e. The summed E-state index contributed by atoms with van der Waals surface area (Å²) in [5.74, 6) is 0. The van der Waals surface area contributed by atoms with Crippen molar-refractivity contribution in [3.8, 4) is 11.3 Å². The smallest absolute Gasteiger partial charge is 0.195 e. The summed E-state index contributed by atoms with van der Waals surface area (Å²) in [5, 5.41) is 0. The van der Waals surface area contributed by atoms with E-state index in [4.69, 9.17) is 0 Å². The van der Waals surface area contributed by atoms with Crippen molar-refractivity contribution in [1.29, 1.82) is 0 Å². The lowest BCUT2D eigenvalue weighted by molar-refractivity contribution is -0.720. The molecular formula is C22H26N+. The Morgan fingerprint density at radius 1 is 1.30 bits per heavy atom. The van der Waals surface area contributed by atoms with Gasteiger partial charge in [0.2, 0.25) is 5.69 Å². The number of aromatic nitrogens is 1. The molecule has 1 aliphatic rings. The Bertz CT molecular complexity index is 784. The Morgan fingerprint density at radius 2 is 2.09 bits per heavy atom. The second-order valence-corrected chi connectivity index (χ2v) is 6.79. The molecule has 0 radical (unpaired) electrons. The lowest BCUT2D eigenvalue weighted by atomic mass is 9.69. The fourth-order valence-electron chi connectivity index (χ4n) is 3.81. The number of allylic oxidation sites excluding steroid dienone is 3. The number of nitrogens with zero attached hydrogens (tertiary/aromatic N) is 1. The van der Waals surface area contributed by atoms with Gasteiger partial charge >= 0.3 is 0 Å². The number of fused-ring (bicyclic) bond motifs is 3. The number of benzene rings is 1. The highest BCUT2D eigenvalue weighted by molar-refractivity contribution is 5.73. The average molecular weight is 304 g/mol. The summed E-state index contributed by atoms with van der Waals surface area (Å²) >= 11 is 0. The molecule has 0 N–H and O–H groups in total. The van der Waals surface area contributed by atoms with Crippen LogP contribution in [0.1, 0.15) is 51.3 Å². The van der Waals surface area contributed by atoms with Crippen molar-refractivity contribution in [2.45, 2.75) is 45.6 Å². The first-order valence-corrected chi connectivity index (χ1v) is 8.47. The van der Waals surface area contributed by atoms with Crippen molar-refractivity contribution >= 4 is 5.57 Å². The van der Waals surface area contributed by atoms with Crippen molar-refractivity contribution in [2.75, 3.05) is 0 Å². The Kier molecular flexibility index (Phi) is 3.97. The van der Waals surface area contributed by atoms with Crippen LogP contribution in [0, 0.1) is 0 Å². The van der Waals surface area contributed by atoms with Crippen LogP contribution in [0.5, 0.6) is 0 Å². The summed E-state index contributed by atoms with van der Waals surface area (Å²) in [6, 6.07) is 13.9. The zero-order chi connectivity index (χ0) is 16.6. The predicted octanol–water partition coefficient (Wildman–Crippen LogP) is 5.47. The first-order chi connectivity index (χ1) is 11.0. The van der Waals surface area contributed by atoms with Crippen molar-refractivity contribution in [3.05, 3.63) is 72.5 Å². The normalized spacial score (nSPS) is 23.1. The topological polar surface area (TPSA) is 3.88 Å². The molecule has 1 nitrogen and oxygen atoms in total. The fourth-order valence-corrected chi connectivity index (χ4v) is 3.81. The number of hydrogen-bond acceptors (Lipinski definition) is 0. The predicted molar refractivity (Wildman–Crippen MR) is 98.3 cm³/mol. The molecule has 3 rings (SSSR count). The van der Waals surface area contributed by atoms with Crippen LogP contribution in [-0.4, -0.2) is 0 Å². The minimum absolute atomic E-state index is 0.156. The molecule has 0 amide bonds. The van der Waals surface area contributed by atoms with Gasteiger partial charge in [0.25, 0.3) is 0 Å². The minimum atomic E-state index is 0.156. The Morgan fingerprint density at radius 3 is 2.78 bits per heavy atom. The summed E-state index contributed by atoms with van der Waals surface area (Å²) < 4.78 is 2.43. The maximum absolute atomic E-state index is 3.82. The van der Waals surface area contributed by atoms with Gasteiger partial charge in [-0.2, -0.15) is 4.57 Å². The molecule has 2 unspecified atom stereocenters. The van der Waals surface area contributed by atoms with Crippen molar-refractivity contribution in [2.24, 2.45) is 0 Å². The van der Waals surface area contributed by atoms with Gasteiger partial charge in [-0.05, 0) is 56.0 Å². The second kappa shape index (κ2) is 5.81. The summed E-state index contributed by atoms with van der Waals surface area (Å²) in [5.41, 5.74) is 6.82. The quantitative estimate of drug-likeness (QED) is 0.523. The average Bonchev–Trinajstić information content (AvgIpc) is 2.59. The molecule has 0 bridgehead atoms. The highest BCUT2D eigenvalue weighted by Gasteiger charge is 2.45. The zero-order valence-corrected chi connectivity index (χ0v) is 14.6. The van der Waals surface area contributed by atoms with Crippen LogP contribution in [0.25, 0.3) is 16.8 Å². The largest absolute Gasteiger partial charge is 0.213 e. The number of rotatable bonds is 3. The highest BCUT2D eigenvalue weighted by atomic mass is 15.0. The van der Waals surface area contributed by atoms with Crippen LogP contribution in [0.4, 0.5) is 0 Å². The summed E-state index contributed by atoms with van der Waals surface area (Å²) in [6.45, 7) is 13.0. The third-order valence-electron chi connectivity index (χ3n) is 5.70. The van der Waals surface area contributed by atoms with E-state index < -0.39 is 0 Å². The van der Waals surface area contributed by atoms with Gasteiger partial charge in [-0.3, -0.25) is 0 Å². The molecule has 2 aromatic rings. The first kappa shape index (κ1) is 15.7. The van der Waals surface area contributed by atoms with Crippen LogP contribution >= 0.6 is 0 Å². The van der Waals surface area contributed by atoms with E-state index >= 15 is 0 Å². The van der Waals surface area contributed by atoms with E-state index in [-0.39, 0.29) is 5.41 Å². The van der Waals surface area contributed by atoms with Crippen molar-refractivity contribution in [3.63, 3.8) is 0 Å². The van der Waals surface area contributed by atoms with E-state index in [1.54, 1.807) is 0 Å². The van der Waals surface area contributed by atoms with E-state index in [1.165, 1.54) is 28.0 Å². The van der Waals surface area contributed by atoms with Gasteiger partial charge in [-0.1, -0.05) is 37.8 Å². The minimum Gasteiger partial charge on any atom is -0.195 e. The molecule has 0 saturated carbocycles. The Hall–Kier alpha value is -2.15. The van der Waals surface area contributed by atoms with Gasteiger partial charge in [0.15, 0.2) is 12.2 Å².